The van der Waals surface area contributed by atoms with Gasteiger partial charge in [-0.3, -0.25) is 4.57 Å². The number of hydrogen-bond donors (Lipinski definition) is 0. The quantitative estimate of drug-likeness (QED) is 0.137. The number of nitrogens with zero attached hydrogens (tertiary/aromatic N) is 6. The predicted octanol–water partition coefficient (Wildman–Crippen LogP) is 19.9. The van der Waals surface area contributed by atoms with Crippen LogP contribution in [0.5, 0.6) is 0 Å². The van der Waals surface area contributed by atoms with Crippen LogP contribution >= 0.6 is 0 Å². The van der Waals surface area contributed by atoms with Crippen LogP contribution in [0.15, 0.2) is 303 Å². The predicted molar refractivity (Wildman–Crippen MR) is 341 cm³/mol. The number of anilines is 3. The molecule has 0 spiro atoms. The fourth-order valence-electron chi connectivity index (χ4n) is 12.5. The third-order valence-electron chi connectivity index (χ3n) is 16.2. The van der Waals surface area contributed by atoms with E-state index in [1.54, 1.807) is 0 Å². The van der Waals surface area contributed by atoms with Gasteiger partial charge in [0.1, 0.15) is 0 Å². The molecule has 0 atom stereocenters. The summed E-state index contributed by atoms with van der Waals surface area (Å²) in [5, 5.41) is 7.20. The molecule has 16 rings (SSSR count). The first-order valence-corrected chi connectivity index (χ1v) is 27.9. The maximum Gasteiger partial charge on any atom is 0.235 e. The third kappa shape index (κ3) is 7.88. The van der Waals surface area contributed by atoms with Crippen molar-refractivity contribution >= 4 is 82.5 Å². The summed E-state index contributed by atoms with van der Waals surface area (Å²) in [6.45, 7) is 0. The van der Waals surface area contributed by atoms with E-state index in [0.717, 1.165) is 89.4 Å². The summed E-state index contributed by atoms with van der Waals surface area (Å²) >= 11 is 0. The lowest BCUT2D eigenvalue weighted by molar-refractivity contribution is 0.995. The van der Waals surface area contributed by atoms with Crippen molar-refractivity contribution in [1.29, 1.82) is 0 Å². The number of hydrogen-bond acceptors (Lipinski definition) is 3. The van der Waals surface area contributed by atoms with Crippen LogP contribution in [-0.4, -0.2) is 23.7 Å². The highest BCUT2D eigenvalue weighted by atomic mass is 15.2. The summed E-state index contributed by atoms with van der Waals surface area (Å²) in [5.74, 6) is 0.606. The molecule has 4 aromatic heterocycles. The van der Waals surface area contributed by atoms with Gasteiger partial charge in [0.05, 0.1) is 44.5 Å². The topological polar surface area (TPSA) is 43.8 Å². The molecule has 6 heteroatoms. The number of benzene rings is 12. The van der Waals surface area contributed by atoms with Gasteiger partial charge in [-0.2, -0.15) is 0 Å². The van der Waals surface area contributed by atoms with E-state index in [0.29, 0.717) is 5.95 Å². The molecule has 0 radical (unpaired) electrons. The van der Waals surface area contributed by atoms with Crippen LogP contribution in [0.3, 0.4) is 0 Å². The largest absolute Gasteiger partial charge is 0.310 e. The smallest absolute Gasteiger partial charge is 0.235 e. The minimum atomic E-state index is 0.606. The lowest BCUT2D eigenvalue weighted by Crippen LogP contribution is -2.10. The van der Waals surface area contributed by atoms with Crippen LogP contribution in [0.25, 0.3) is 128 Å². The fourth-order valence-corrected chi connectivity index (χ4v) is 12.5. The fraction of sp³-hybridized carbons (Fsp3) is 0. The van der Waals surface area contributed by atoms with Crippen LogP contribution < -0.4 is 4.90 Å². The van der Waals surface area contributed by atoms with Crippen LogP contribution in [0.4, 0.5) is 17.1 Å². The van der Waals surface area contributed by atoms with E-state index in [2.05, 4.69) is 322 Å². The van der Waals surface area contributed by atoms with Crippen molar-refractivity contribution in [2.45, 2.75) is 0 Å². The van der Waals surface area contributed by atoms with Gasteiger partial charge in [0, 0.05) is 71.9 Å². The van der Waals surface area contributed by atoms with Crippen molar-refractivity contribution in [3.05, 3.63) is 303 Å². The van der Waals surface area contributed by atoms with Crippen molar-refractivity contribution in [1.82, 2.24) is 23.7 Å². The van der Waals surface area contributed by atoms with E-state index in [9.17, 15) is 0 Å². The van der Waals surface area contributed by atoms with Crippen molar-refractivity contribution in [2.24, 2.45) is 0 Å². The second kappa shape index (κ2) is 19.4. The Kier molecular flexibility index (Phi) is 11.1. The van der Waals surface area contributed by atoms with E-state index < -0.39 is 0 Å². The maximum absolute atomic E-state index is 5.52. The Labute approximate surface area is 473 Å². The Morgan fingerprint density at radius 3 is 1.11 bits per heavy atom. The molecule has 384 valence electrons. The van der Waals surface area contributed by atoms with Gasteiger partial charge in [0.25, 0.3) is 0 Å². The molecule has 0 fully saturated rings. The molecule has 6 nitrogen and oxygen atoms in total. The number of fused-ring (bicyclic) bond motifs is 9. The van der Waals surface area contributed by atoms with Gasteiger partial charge in [0.2, 0.25) is 5.95 Å². The zero-order valence-corrected chi connectivity index (χ0v) is 44.6. The normalized spacial score (nSPS) is 11.7. The Morgan fingerprint density at radius 1 is 0.220 bits per heavy atom. The minimum Gasteiger partial charge on any atom is -0.310 e. The van der Waals surface area contributed by atoms with E-state index in [1.165, 1.54) is 49.2 Å². The molecule has 0 saturated carbocycles. The summed E-state index contributed by atoms with van der Waals surface area (Å²) in [4.78, 5) is 13.3. The van der Waals surface area contributed by atoms with Crippen molar-refractivity contribution in [3.63, 3.8) is 0 Å². The molecule has 0 saturated heterocycles. The maximum atomic E-state index is 5.52. The molecule has 12 aromatic carbocycles. The lowest BCUT2D eigenvalue weighted by Gasteiger charge is -2.26. The van der Waals surface area contributed by atoms with Crippen LogP contribution in [0.1, 0.15) is 0 Å². The van der Waals surface area contributed by atoms with Crippen LogP contribution in [0, 0.1) is 0 Å². The van der Waals surface area contributed by atoms with Crippen LogP contribution in [0.2, 0.25) is 0 Å². The molecule has 82 heavy (non-hydrogen) atoms. The molecule has 0 amide bonds. The van der Waals surface area contributed by atoms with Crippen LogP contribution in [-0.2, 0) is 0 Å². The SMILES string of the molecule is c1ccc(-c2cc(-c3cccc(N(c4ccccc4)c4ccc(-c5ccc6c(c5)c5ccccc5n6-c5ccccc5)cc4)c3)nc(-n3c4ccccc4c4cc(-c5ccc6c(c5)c5ccccc5n6-c5ccccc5)ccc43)n2)cc1. The number of aromatic nitrogens is 5. The highest BCUT2D eigenvalue weighted by Gasteiger charge is 2.21. The molecule has 4 heterocycles. The molecule has 16 aromatic rings. The summed E-state index contributed by atoms with van der Waals surface area (Å²) in [6.07, 6.45) is 0. The van der Waals surface area contributed by atoms with E-state index in [4.69, 9.17) is 9.97 Å². The molecule has 0 aliphatic rings. The summed E-state index contributed by atoms with van der Waals surface area (Å²) < 4.78 is 6.97. The molecule has 0 aliphatic heterocycles. The molecular weight excluding hydrogens is 997 g/mol. The molecule has 0 N–H and O–H groups in total. The summed E-state index contributed by atoms with van der Waals surface area (Å²) in [5.41, 5.74) is 20.5. The van der Waals surface area contributed by atoms with Gasteiger partial charge >= 0.3 is 0 Å². The second-order valence-corrected chi connectivity index (χ2v) is 21.0. The van der Waals surface area contributed by atoms with Crippen molar-refractivity contribution in [3.8, 4) is 62.1 Å². The molecule has 0 unspecified atom stereocenters. The van der Waals surface area contributed by atoms with E-state index in [-0.39, 0.29) is 0 Å². The first-order chi connectivity index (χ1) is 40.7. The zero-order chi connectivity index (χ0) is 54.1. The Morgan fingerprint density at radius 2 is 0.585 bits per heavy atom. The van der Waals surface area contributed by atoms with E-state index >= 15 is 0 Å². The lowest BCUT2D eigenvalue weighted by atomic mass is 10.0. The third-order valence-corrected chi connectivity index (χ3v) is 16.2. The summed E-state index contributed by atoms with van der Waals surface area (Å²) in [6, 6.07) is 109. The first-order valence-electron chi connectivity index (χ1n) is 27.9. The highest BCUT2D eigenvalue weighted by Crippen LogP contribution is 2.42. The average molecular weight is 1050 g/mol. The van der Waals surface area contributed by atoms with Gasteiger partial charge in [-0.25, -0.2) is 9.97 Å². The molecular formula is C76H50N6. The van der Waals surface area contributed by atoms with Crippen molar-refractivity contribution in [2.75, 3.05) is 4.90 Å². The minimum absolute atomic E-state index is 0.606. The van der Waals surface area contributed by atoms with Crippen molar-refractivity contribution < 1.29 is 0 Å². The average Bonchev–Trinajstić information content (AvgIpc) is 4.41. The Bertz CT molecular complexity index is 5080. The van der Waals surface area contributed by atoms with Gasteiger partial charge < -0.3 is 14.0 Å². The Balaban J connectivity index is 0.791. The van der Waals surface area contributed by atoms with Gasteiger partial charge in [-0.05, 0) is 144 Å². The molecule has 0 aliphatic carbocycles. The number of para-hydroxylation sites is 6. The van der Waals surface area contributed by atoms with Gasteiger partial charge in [0.15, 0.2) is 0 Å². The standard InChI is InChI=1S/C76H50N6/c1-5-20-52(21-6-1)68-50-69(78-76(77-68)82-72-35-18-15-32-64(72)67-49-55(40-45-75(67)82)54-39-44-74-66(48-54)63-31-14-17-34-71(63)81(74)59-27-11-4-12-28-59)56-22-19-29-61(46-56)79(57-23-7-2-8-24-57)60-41-36-51(37-42-60)53-38-43-73-65(47-53)62-30-13-16-33-70(62)80(73)58-25-9-3-10-26-58/h1-50H. The summed E-state index contributed by atoms with van der Waals surface area (Å²) in [7, 11) is 0. The first kappa shape index (κ1) is 47.0. The van der Waals surface area contributed by atoms with Gasteiger partial charge in [-0.1, -0.05) is 182 Å². The highest BCUT2D eigenvalue weighted by molar-refractivity contribution is 6.13. The second-order valence-electron chi connectivity index (χ2n) is 21.0. The van der Waals surface area contributed by atoms with E-state index in [1.807, 2.05) is 0 Å². The zero-order valence-electron chi connectivity index (χ0n) is 44.6. The van der Waals surface area contributed by atoms with Gasteiger partial charge in [-0.15, -0.1) is 0 Å². The molecule has 0 bridgehead atoms. The monoisotopic (exact) mass is 1050 g/mol. The number of rotatable bonds is 10. The Hall–Kier alpha value is -11.1.